The molecule has 164 valence electrons. The van der Waals surface area contributed by atoms with Crippen LogP contribution >= 0.6 is 0 Å². The van der Waals surface area contributed by atoms with Gasteiger partial charge in [-0.15, -0.1) is 0 Å². The van der Waals surface area contributed by atoms with Gasteiger partial charge in [-0.1, -0.05) is 84.9 Å². The number of nitrogen functional groups attached to an aromatic ring is 1. The number of benzene rings is 3. The van der Waals surface area contributed by atoms with E-state index in [0.717, 1.165) is 22.3 Å². The van der Waals surface area contributed by atoms with E-state index in [1.807, 2.05) is 60.7 Å². The van der Waals surface area contributed by atoms with E-state index < -0.39 is 12.0 Å². The molecule has 0 radical (unpaired) electrons. The number of hydrogen-bond acceptors (Lipinski definition) is 5. The maximum Gasteiger partial charge on any atom is 0.320 e. The van der Waals surface area contributed by atoms with E-state index in [9.17, 15) is 4.79 Å². The van der Waals surface area contributed by atoms with Crippen molar-refractivity contribution in [2.75, 3.05) is 5.73 Å². The molecule has 0 fully saturated rings. The molecule has 4 rings (SSSR count). The second kappa shape index (κ2) is 9.89. The van der Waals surface area contributed by atoms with E-state index in [2.05, 4.69) is 46.4 Å². The summed E-state index contributed by atoms with van der Waals surface area (Å²) in [5.74, 6) is -0.836. The normalized spacial score (nSPS) is 12.0. The average Bonchev–Trinajstić information content (AvgIpc) is 2.84. The molecule has 6 heteroatoms. The van der Waals surface area contributed by atoms with Gasteiger partial charge in [0.05, 0.1) is 11.4 Å². The van der Waals surface area contributed by atoms with Crippen LogP contribution in [0.25, 0.3) is 34.5 Å². The summed E-state index contributed by atoms with van der Waals surface area (Å²) in [5.41, 5.74) is 18.0. The first-order chi connectivity index (χ1) is 16.0. The zero-order valence-electron chi connectivity index (χ0n) is 17.9. The lowest BCUT2D eigenvalue weighted by molar-refractivity contribution is -0.138. The fourth-order valence-corrected chi connectivity index (χ4v) is 3.47. The van der Waals surface area contributed by atoms with Gasteiger partial charge in [-0.05, 0) is 40.8 Å². The highest BCUT2D eigenvalue weighted by Gasteiger charge is 2.12. The van der Waals surface area contributed by atoms with Crippen LogP contribution in [0.1, 0.15) is 16.8 Å². The van der Waals surface area contributed by atoms with Crippen LogP contribution in [0.2, 0.25) is 0 Å². The Morgan fingerprint density at radius 1 is 0.848 bits per heavy atom. The summed E-state index contributed by atoms with van der Waals surface area (Å²) in [4.78, 5) is 19.6. The van der Waals surface area contributed by atoms with Crippen molar-refractivity contribution < 1.29 is 9.90 Å². The van der Waals surface area contributed by atoms with E-state index in [1.165, 1.54) is 5.56 Å². The number of carboxylic acids is 1. The van der Waals surface area contributed by atoms with Crippen LogP contribution in [0.4, 0.5) is 5.95 Å². The second-order valence-corrected chi connectivity index (χ2v) is 7.70. The molecule has 3 aromatic carbocycles. The zero-order chi connectivity index (χ0) is 23.2. The highest BCUT2D eigenvalue weighted by atomic mass is 16.4. The Kier molecular flexibility index (Phi) is 6.57. The van der Waals surface area contributed by atoms with Gasteiger partial charge < -0.3 is 16.6 Å². The van der Waals surface area contributed by atoms with Crippen molar-refractivity contribution in [1.29, 1.82) is 0 Å². The molecular formula is C27H24N4O2. The third-order valence-corrected chi connectivity index (χ3v) is 5.25. The van der Waals surface area contributed by atoms with Crippen LogP contribution in [0.15, 0.2) is 84.9 Å². The van der Waals surface area contributed by atoms with Crippen LogP contribution in [-0.4, -0.2) is 27.1 Å². The van der Waals surface area contributed by atoms with E-state index in [4.69, 9.17) is 16.6 Å². The Balaban J connectivity index is 1.50. The van der Waals surface area contributed by atoms with Crippen molar-refractivity contribution in [3.8, 4) is 22.4 Å². The predicted octanol–water partition coefficient (Wildman–Crippen LogP) is 4.52. The SMILES string of the molecule is Nc1nc(/C=C/c2ccc(-c3ccccc3)cc2)cc(-c2ccc(C[C@H](N)C(=O)O)cc2)n1. The summed E-state index contributed by atoms with van der Waals surface area (Å²) in [6.07, 6.45) is 4.15. The number of anilines is 1. The number of carbonyl (C=O) groups is 1. The molecule has 1 heterocycles. The smallest absolute Gasteiger partial charge is 0.320 e. The predicted molar refractivity (Wildman–Crippen MR) is 132 cm³/mol. The highest BCUT2D eigenvalue weighted by Crippen LogP contribution is 2.22. The molecule has 0 aliphatic rings. The largest absolute Gasteiger partial charge is 0.480 e. The van der Waals surface area contributed by atoms with Gasteiger partial charge in [0.1, 0.15) is 6.04 Å². The average molecular weight is 437 g/mol. The van der Waals surface area contributed by atoms with Crippen molar-refractivity contribution in [3.05, 3.63) is 102 Å². The molecular weight excluding hydrogens is 412 g/mol. The molecule has 1 atom stereocenters. The first-order valence-corrected chi connectivity index (χ1v) is 10.5. The van der Waals surface area contributed by atoms with Crippen LogP contribution in [-0.2, 0) is 11.2 Å². The van der Waals surface area contributed by atoms with E-state index >= 15 is 0 Å². The summed E-state index contributed by atoms with van der Waals surface area (Å²) in [5, 5.41) is 8.97. The van der Waals surface area contributed by atoms with Crippen molar-refractivity contribution in [3.63, 3.8) is 0 Å². The first-order valence-electron chi connectivity index (χ1n) is 10.5. The Bertz CT molecular complexity index is 1270. The van der Waals surface area contributed by atoms with Gasteiger partial charge >= 0.3 is 5.97 Å². The van der Waals surface area contributed by atoms with Crippen molar-refractivity contribution in [2.45, 2.75) is 12.5 Å². The zero-order valence-corrected chi connectivity index (χ0v) is 17.9. The third kappa shape index (κ3) is 5.70. The van der Waals surface area contributed by atoms with Gasteiger partial charge in [0, 0.05) is 5.56 Å². The Labute approximate surface area is 192 Å². The molecule has 0 amide bonds. The third-order valence-electron chi connectivity index (χ3n) is 5.25. The Morgan fingerprint density at radius 2 is 1.48 bits per heavy atom. The quantitative estimate of drug-likeness (QED) is 0.392. The van der Waals surface area contributed by atoms with Crippen LogP contribution < -0.4 is 11.5 Å². The van der Waals surface area contributed by atoms with Gasteiger partial charge in [0.25, 0.3) is 0 Å². The molecule has 0 saturated heterocycles. The van der Waals surface area contributed by atoms with Crippen LogP contribution in [0.3, 0.4) is 0 Å². The first kappa shape index (κ1) is 21.9. The fraction of sp³-hybridized carbons (Fsp3) is 0.0741. The molecule has 0 aliphatic carbocycles. The maximum atomic E-state index is 11.0. The van der Waals surface area contributed by atoms with Gasteiger partial charge in [0.2, 0.25) is 5.95 Å². The molecule has 0 bridgehead atoms. The molecule has 5 N–H and O–H groups in total. The molecule has 4 aromatic rings. The lowest BCUT2D eigenvalue weighted by atomic mass is 10.0. The van der Waals surface area contributed by atoms with Gasteiger partial charge in [-0.25, -0.2) is 9.97 Å². The number of rotatable bonds is 7. The second-order valence-electron chi connectivity index (χ2n) is 7.70. The van der Waals surface area contributed by atoms with Crippen molar-refractivity contribution in [1.82, 2.24) is 9.97 Å². The Morgan fingerprint density at radius 3 is 2.15 bits per heavy atom. The highest BCUT2D eigenvalue weighted by molar-refractivity contribution is 5.74. The number of hydrogen-bond donors (Lipinski definition) is 3. The minimum Gasteiger partial charge on any atom is -0.480 e. The topological polar surface area (TPSA) is 115 Å². The number of nitrogens with zero attached hydrogens (tertiary/aromatic N) is 2. The number of nitrogens with two attached hydrogens (primary N) is 2. The molecule has 6 nitrogen and oxygen atoms in total. The summed E-state index contributed by atoms with van der Waals surface area (Å²) < 4.78 is 0. The number of carboxylic acid groups (broad SMARTS) is 1. The van der Waals surface area contributed by atoms with E-state index in [0.29, 0.717) is 11.4 Å². The minimum atomic E-state index is -1.02. The number of aromatic nitrogens is 2. The summed E-state index contributed by atoms with van der Waals surface area (Å²) in [6.45, 7) is 0. The maximum absolute atomic E-state index is 11.0. The standard InChI is InChI=1S/C27H24N4O2/c28-24(26(32)33)16-19-8-13-22(14-9-19)25-17-23(30-27(29)31-25)15-10-18-6-11-21(12-7-18)20-4-2-1-3-5-20/h1-15,17,24H,16,28H2,(H,32,33)(H2,29,30,31)/b15-10+/t24-/m0/s1. The minimum absolute atomic E-state index is 0.184. The van der Waals surface area contributed by atoms with E-state index in [-0.39, 0.29) is 12.4 Å². The van der Waals surface area contributed by atoms with Gasteiger partial charge in [-0.3, -0.25) is 4.79 Å². The van der Waals surface area contributed by atoms with Crippen LogP contribution in [0.5, 0.6) is 0 Å². The molecule has 0 unspecified atom stereocenters. The fourth-order valence-electron chi connectivity index (χ4n) is 3.47. The van der Waals surface area contributed by atoms with E-state index in [1.54, 1.807) is 0 Å². The molecule has 0 aliphatic heterocycles. The molecule has 33 heavy (non-hydrogen) atoms. The number of aliphatic carboxylic acids is 1. The lowest BCUT2D eigenvalue weighted by Gasteiger charge is -2.08. The van der Waals surface area contributed by atoms with Crippen LogP contribution in [0, 0.1) is 0 Å². The molecule has 0 saturated carbocycles. The lowest BCUT2D eigenvalue weighted by Crippen LogP contribution is -2.32. The van der Waals surface area contributed by atoms with Gasteiger partial charge in [0.15, 0.2) is 0 Å². The van der Waals surface area contributed by atoms with Crippen molar-refractivity contribution >= 4 is 24.1 Å². The Hall–Kier alpha value is -4.29. The van der Waals surface area contributed by atoms with Gasteiger partial charge in [-0.2, -0.15) is 0 Å². The molecule has 1 aromatic heterocycles. The van der Waals surface area contributed by atoms with Crippen molar-refractivity contribution in [2.24, 2.45) is 5.73 Å². The molecule has 0 spiro atoms. The monoisotopic (exact) mass is 436 g/mol. The summed E-state index contributed by atoms with van der Waals surface area (Å²) in [6, 6.07) is 26.9. The summed E-state index contributed by atoms with van der Waals surface area (Å²) >= 11 is 0. The summed E-state index contributed by atoms with van der Waals surface area (Å²) in [7, 11) is 0.